The van der Waals surface area contributed by atoms with Crippen molar-refractivity contribution in [3.63, 3.8) is 0 Å². The highest BCUT2D eigenvalue weighted by molar-refractivity contribution is 5.92. The maximum atomic E-state index is 12.3. The van der Waals surface area contributed by atoms with Crippen LogP contribution in [0.2, 0.25) is 0 Å². The molecule has 0 radical (unpaired) electrons. The van der Waals surface area contributed by atoms with Crippen LogP contribution >= 0.6 is 0 Å². The first-order valence-electron chi connectivity index (χ1n) is 10.8. The Morgan fingerprint density at radius 2 is 1.78 bits per heavy atom. The Kier molecular flexibility index (Phi) is 5.52. The molecule has 2 N–H and O–H groups in total. The van der Waals surface area contributed by atoms with Crippen molar-refractivity contribution >= 4 is 28.4 Å². The zero-order valence-corrected chi connectivity index (χ0v) is 17.6. The van der Waals surface area contributed by atoms with Crippen molar-refractivity contribution in [2.24, 2.45) is 0 Å². The third kappa shape index (κ3) is 4.45. The summed E-state index contributed by atoms with van der Waals surface area (Å²) in [5.74, 6) is 0.757. The van der Waals surface area contributed by atoms with E-state index in [1.54, 1.807) is 6.20 Å². The van der Waals surface area contributed by atoms with Crippen molar-refractivity contribution in [2.75, 3.05) is 23.3 Å². The molecule has 32 heavy (non-hydrogen) atoms. The van der Waals surface area contributed by atoms with E-state index in [-0.39, 0.29) is 12.0 Å². The van der Waals surface area contributed by atoms with Crippen LogP contribution in [0.1, 0.15) is 12.0 Å². The Morgan fingerprint density at radius 1 is 1.00 bits per heavy atom. The van der Waals surface area contributed by atoms with Gasteiger partial charge in [-0.25, -0.2) is 4.98 Å². The summed E-state index contributed by atoms with van der Waals surface area (Å²) in [6, 6.07) is 23.5. The lowest BCUT2D eigenvalue weighted by Crippen LogP contribution is -2.22. The predicted octanol–water partition coefficient (Wildman–Crippen LogP) is 4.05. The monoisotopic (exact) mass is 424 g/mol. The van der Waals surface area contributed by atoms with Crippen molar-refractivity contribution < 1.29 is 9.90 Å². The van der Waals surface area contributed by atoms with E-state index in [4.69, 9.17) is 4.98 Å². The number of carbonyl (C=O) groups excluding carboxylic acids is 1. The van der Waals surface area contributed by atoms with E-state index in [9.17, 15) is 9.90 Å². The number of carbonyl (C=O) groups is 1. The number of aliphatic hydroxyl groups excluding tert-OH is 1. The molecule has 6 nitrogen and oxygen atoms in total. The molecule has 1 fully saturated rings. The number of nitrogens with one attached hydrogen (secondary N) is 1. The highest BCUT2D eigenvalue weighted by Gasteiger charge is 2.21. The Balaban J connectivity index is 1.31. The predicted molar refractivity (Wildman–Crippen MR) is 127 cm³/mol. The minimum atomic E-state index is -0.300. The number of nitrogens with zero attached hydrogens (tertiary/aromatic N) is 3. The highest BCUT2D eigenvalue weighted by atomic mass is 16.3. The van der Waals surface area contributed by atoms with Gasteiger partial charge in [0.1, 0.15) is 5.82 Å². The molecule has 0 saturated carbocycles. The zero-order chi connectivity index (χ0) is 21.9. The second-order valence-electron chi connectivity index (χ2n) is 8.11. The fraction of sp³-hybridized carbons (Fsp3) is 0.192. The van der Waals surface area contributed by atoms with Gasteiger partial charge >= 0.3 is 0 Å². The van der Waals surface area contributed by atoms with Gasteiger partial charge < -0.3 is 15.3 Å². The molecule has 0 aliphatic carbocycles. The molecule has 5 rings (SSSR count). The van der Waals surface area contributed by atoms with Crippen LogP contribution in [-0.2, 0) is 11.2 Å². The summed E-state index contributed by atoms with van der Waals surface area (Å²) in [7, 11) is 0. The van der Waals surface area contributed by atoms with Gasteiger partial charge in [0.05, 0.1) is 29.8 Å². The fourth-order valence-corrected chi connectivity index (χ4v) is 4.02. The lowest BCUT2D eigenvalue weighted by atomic mass is 10.0. The van der Waals surface area contributed by atoms with Crippen LogP contribution in [0.5, 0.6) is 0 Å². The summed E-state index contributed by atoms with van der Waals surface area (Å²) in [6.45, 7) is 1.38. The van der Waals surface area contributed by atoms with Crippen LogP contribution in [0.3, 0.4) is 0 Å². The Morgan fingerprint density at radius 3 is 2.53 bits per heavy atom. The molecule has 0 bridgehead atoms. The molecule has 1 aliphatic heterocycles. The Bertz CT molecular complexity index is 1240. The first-order chi connectivity index (χ1) is 15.6. The molecule has 6 heteroatoms. The summed E-state index contributed by atoms with van der Waals surface area (Å²) in [4.78, 5) is 23.7. The summed E-state index contributed by atoms with van der Waals surface area (Å²) in [5.41, 5.74) is 5.49. The fourth-order valence-electron chi connectivity index (χ4n) is 4.02. The summed E-state index contributed by atoms with van der Waals surface area (Å²) < 4.78 is 0. The molecule has 2 heterocycles. The van der Waals surface area contributed by atoms with Crippen molar-refractivity contribution in [1.82, 2.24) is 9.97 Å². The number of hydrogen-bond acceptors (Lipinski definition) is 5. The van der Waals surface area contributed by atoms with Crippen molar-refractivity contribution in [3.05, 3.63) is 84.6 Å². The molecule has 0 spiro atoms. The normalized spacial score (nSPS) is 15.8. The van der Waals surface area contributed by atoms with Crippen LogP contribution in [0.4, 0.5) is 11.5 Å². The van der Waals surface area contributed by atoms with Crippen LogP contribution in [0.15, 0.2) is 79.0 Å². The lowest BCUT2D eigenvalue weighted by Gasteiger charge is -2.16. The van der Waals surface area contributed by atoms with Crippen LogP contribution in [0.25, 0.3) is 22.2 Å². The molecule has 1 aromatic heterocycles. The Hall–Kier alpha value is -3.77. The van der Waals surface area contributed by atoms with E-state index in [0.717, 1.165) is 52.2 Å². The highest BCUT2D eigenvalue weighted by Crippen LogP contribution is 2.26. The number of benzene rings is 3. The van der Waals surface area contributed by atoms with E-state index in [1.807, 2.05) is 72.8 Å². The number of amides is 1. The topological polar surface area (TPSA) is 78.4 Å². The molecule has 1 saturated heterocycles. The van der Waals surface area contributed by atoms with Gasteiger partial charge in [0, 0.05) is 18.8 Å². The summed E-state index contributed by atoms with van der Waals surface area (Å²) in [5, 5.41) is 12.8. The van der Waals surface area contributed by atoms with Crippen molar-refractivity contribution in [2.45, 2.75) is 18.9 Å². The van der Waals surface area contributed by atoms with Gasteiger partial charge in [0.2, 0.25) is 5.91 Å². The van der Waals surface area contributed by atoms with Crippen LogP contribution < -0.4 is 10.2 Å². The number of aliphatic hydroxyl groups is 1. The SMILES string of the molecule is O=C(Cc1ccccc1)Nc1ccc(-c2ccc3ncc(N4CCC(O)C4)nc3c2)cc1. The molecular weight excluding hydrogens is 400 g/mol. The largest absolute Gasteiger partial charge is 0.391 e. The minimum Gasteiger partial charge on any atom is -0.391 e. The number of anilines is 2. The van der Waals surface area contributed by atoms with Crippen molar-refractivity contribution in [3.8, 4) is 11.1 Å². The number of β-amino-alcohol motifs (C(OH)–C–C–N with tert-alkyl or cyclic N) is 1. The van der Waals surface area contributed by atoms with Gasteiger partial charge in [-0.15, -0.1) is 0 Å². The van der Waals surface area contributed by atoms with Crippen LogP contribution in [-0.4, -0.2) is 40.2 Å². The van der Waals surface area contributed by atoms with E-state index in [1.165, 1.54) is 0 Å². The van der Waals surface area contributed by atoms with Gasteiger partial charge in [0.15, 0.2) is 0 Å². The quantitative estimate of drug-likeness (QED) is 0.505. The first kappa shape index (κ1) is 20.2. The smallest absolute Gasteiger partial charge is 0.228 e. The Labute approximate surface area is 186 Å². The molecule has 1 unspecified atom stereocenters. The van der Waals surface area contributed by atoms with Crippen LogP contribution in [0, 0.1) is 0 Å². The molecule has 4 aromatic rings. The maximum Gasteiger partial charge on any atom is 0.228 e. The summed E-state index contributed by atoms with van der Waals surface area (Å²) >= 11 is 0. The summed E-state index contributed by atoms with van der Waals surface area (Å²) in [6.07, 6.45) is 2.58. The van der Waals surface area contributed by atoms with E-state index >= 15 is 0 Å². The molecule has 160 valence electrons. The molecule has 1 aliphatic rings. The number of rotatable bonds is 5. The van der Waals surface area contributed by atoms with E-state index in [2.05, 4.69) is 15.2 Å². The second kappa shape index (κ2) is 8.77. The van der Waals surface area contributed by atoms with E-state index < -0.39 is 0 Å². The van der Waals surface area contributed by atoms with Gasteiger partial charge in [-0.1, -0.05) is 48.5 Å². The van der Waals surface area contributed by atoms with E-state index in [0.29, 0.717) is 13.0 Å². The molecular formula is C26H24N4O2. The standard InChI is InChI=1S/C26H24N4O2/c31-22-12-13-30(17-22)25-16-27-23-11-8-20(15-24(23)29-25)19-6-9-21(10-7-19)28-26(32)14-18-4-2-1-3-5-18/h1-11,15-16,22,31H,12-14,17H2,(H,28,32). The second-order valence-corrected chi connectivity index (χ2v) is 8.11. The number of fused-ring (bicyclic) bond motifs is 1. The average Bonchev–Trinajstić information content (AvgIpc) is 3.26. The first-order valence-corrected chi connectivity index (χ1v) is 10.8. The van der Waals surface area contributed by atoms with Gasteiger partial charge in [-0.3, -0.25) is 9.78 Å². The third-order valence-corrected chi connectivity index (χ3v) is 5.73. The molecule has 1 amide bonds. The molecule has 3 aromatic carbocycles. The number of aromatic nitrogens is 2. The number of hydrogen-bond donors (Lipinski definition) is 2. The van der Waals surface area contributed by atoms with Gasteiger partial charge in [-0.2, -0.15) is 0 Å². The van der Waals surface area contributed by atoms with Crippen molar-refractivity contribution in [1.29, 1.82) is 0 Å². The van der Waals surface area contributed by atoms with Gasteiger partial charge in [0.25, 0.3) is 0 Å². The maximum absolute atomic E-state index is 12.3. The third-order valence-electron chi connectivity index (χ3n) is 5.73. The zero-order valence-electron chi connectivity index (χ0n) is 17.6. The lowest BCUT2D eigenvalue weighted by molar-refractivity contribution is -0.115. The van der Waals surface area contributed by atoms with Gasteiger partial charge in [-0.05, 0) is 47.4 Å². The molecule has 1 atom stereocenters. The minimum absolute atomic E-state index is 0.0375. The average molecular weight is 425 g/mol.